The summed E-state index contributed by atoms with van der Waals surface area (Å²) in [5.74, 6) is 0.0515. The number of piperidine rings is 1. The topological polar surface area (TPSA) is 62.3 Å². The second kappa shape index (κ2) is 6.84. The molecule has 0 saturated carbocycles. The van der Waals surface area contributed by atoms with Crippen molar-refractivity contribution in [2.45, 2.75) is 26.2 Å². The van der Waals surface area contributed by atoms with E-state index in [-0.39, 0.29) is 11.8 Å². The lowest BCUT2D eigenvalue weighted by Gasteiger charge is -2.25. The molecule has 5 nitrogen and oxygen atoms in total. The molecule has 0 spiro atoms. The molecule has 0 radical (unpaired) electrons. The van der Waals surface area contributed by atoms with E-state index in [9.17, 15) is 9.59 Å². The Morgan fingerprint density at radius 2 is 2.00 bits per heavy atom. The van der Waals surface area contributed by atoms with E-state index < -0.39 is 0 Å². The highest BCUT2D eigenvalue weighted by atomic mass is 16.2. The molecule has 1 aromatic rings. The molecule has 0 aromatic carbocycles. The van der Waals surface area contributed by atoms with Crippen LogP contribution in [0.15, 0.2) is 30.5 Å². The molecule has 5 heteroatoms. The van der Waals surface area contributed by atoms with Gasteiger partial charge in [0.15, 0.2) is 0 Å². The Hall–Kier alpha value is -2.17. The maximum Gasteiger partial charge on any atom is 0.249 e. The van der Waals surface area contributed by atoms with E-state index in [4.69, 9.17) is 0 Å². The Morgan fingerprint density at radius 1 is 1.25 bits per heavy atom. The third-order valence-electron chi connectivity index (χ3n) is 3.21. The first-order chi connectivity index (χ1) is 9.65. The van der Waals surface area contributed by atoms with Gasteiger partial charge in [0.05, 0.1) is 0 Å². The van der Waals surface area contributed by atoms with E-state index >= 15 is 0 Å². The summed E-state index contributed by atoms with van der Waals surface area (Å²) < 4.78 is 0. The van der Waals surface area contributed by atoms with E-state index in [1.165, 1.54) is 18.6 Å². The van der Waals surface area contributed by atoms with Gasteiger partial charge in [-0.2, -0.15) is 0 Å². The van der Waals surface area contributed by atoms with E-state index in [1.54, 1.807) is 17.2 Å². The first-order valence-electron chi connectivity index (χ1n) is 6.86. The van der Waals surface area contributed by atoms with Crippen LogP contribution in [0.1, 0.15) is 24.8 Å². The van der Waals surface area contributed by atoms with Crippen molar-refractivity contribution in [2.75, 3.05) is 18.4 Å². The van der Waals surface area contributed by atoms with Crippen LogP contribution in [0.4, 0.5) is 5.82 Å². The minimum Gasteiger partial charge on any atom is -0.339 e. The molecule has 0 atom stereocenters. The molecule has 1 aliphatic heterocycles. The first kappa shape index (κ1) is 14.2. The number of pyridine rings is 1. The zero-order valence-corrected chi connectivity index (χ0v) is 11.6. The molecule has 0 unspecified atom stereocenters. The molecule has 2 amide bonds. The molecule has 1 N–H and O–H groups in total. The second-order valence-corrected chi connectivity index (χ2v) is 4.93. The molecular weight excluding hydrogens is 254 g/mol. The van der Waals surface area contributed by atoms with Crippen LogP contribution in [0.25, 0.3) is 0 Å². The molecular formula is C15H19N3O2. The number of nitrogens with zero attached hydrogens (tertiary/aromatic N) is 2. The molecule has 106 valence electrons. The van der Waals surface area contributed by atoms with Crippen molar-refractivity contribution >= 4 is 17.6 Å². The SMILES string of the molecule is Cc1ccnc(NC(=O)/C=C/C(=O)N2CCCCC2)c1. The Kier molecular flexibility index (Phi) is 4.87. The van der Waals surface area contributed by atoms with Gasteiger partial charge in [0.2, 0.25) is 11.8 Å². The maximum absolute atomic E-state index is 11.9. The summed E-state index contributed by atoms with van der Waals surface area (Å²) in [6.07, 6.45) is 7.48. The summed E-state index contributed by atoms with van der Waals surface area (Å²) in [6.45, 7) is 3.49. The van der Waals surface area contributed by atoms with Crippen molar-refractivity contribution in [1.29, 1.82) is 0 Å². The number of aryl methyl sites for hydroxylation is 1. The van der Waals surface area contributed by atoms with Gasteiger partial charge < -0.3 is 10.2 Å². The van der Waals surface area contributed by atoms with Crippen LogP contribution in [-0.4, -0.2) is 34.8 Å². The normalized spacial score (nSPS) is 15.3. The number of hydrogen-bond acceptors (Lipinski definition) is 3. The molecule has 0 bridgehead atoms. The molecule has 1 aromatic heterocycles. The summed E-state index contributed by atoms with van der Waals surface area (Å²) in [7, 11) is 0. The number of anilines is 1. The number of hydrogen-bond donors (Lipinski definition) is 1. The van der Waals surface area contributed by atoms with Crippen LogP contribution < -0.4 is 5.32 Å². The average molecular weight is 273 g/mol. The van der Waals surface area contributed by atoms with Gasteiger partial charge in [-0.15, -0.1) is 0 Å². The molecule has 1 fully saturated rings. The van der Waals surface area contributed by atoms with Gasteiger partial charge in [0.25, 0.3) is 0 Å². The number of likely N-dealkylation sites (tertiary alicyclic amines) is 1. The average Bonchev–Trinajstić information content (AvgIpc) is 2.46. The van der Waals surface area contributed by atoms with Crippen LogP contribution in [0, 0.1) is 6.92 Å². The molecule has 20 heavy (non-hydrogen) atoms. The Balaban J connectivity index is 1.87. The predicted octanol–water partition coefficient (Wildman–Crippen LogP) is 1.90. The van der Waals surface area contributed by atoms with Crippen LogP contribution >= 0.6 is 0 Å². The van der Waals surface area contributed by atoms with Gasteiger partial charge in [0.1, 0.15) is 5.82 Å². The maximum atomic E-state index is 11.9. The zero-order chi connectivity index (χ0) is 14.4. The second-order valence-electron chi connectivity index (χ2n) is 4.93. The van der Waals surface area contributed by atoms with Crippen molar-refractivity contribution in [1.82, 2.24) is 9.88 Å². The fraction of sp³-hybridized carbons (Fsp3) is 0.400. The van der Waals surface area contributed by atoms with Gasteiger partial charge in [-0.05, 0) is 43.9 Å². The fourth-order valence-electron chi connectivity index (χ4n) is 2.14. The van der Waals surface area contributed by atoms with Crippen LogP contribution in [-0.2, 0) is 9.59 Å². The lowest BCUT2D eigenvalue weighted by molar-refractivity contribution is -0.127. The number of nitrogens with one attached hydrogen (secondary N) is 1. The van der Waals surface area contributed by atoms with E-state index in [0.29, 0.717) is 5.82 Å². The number of rotatable bonds is 3. The summed E-state index contributed by atoms with van der Waals surface area (Å²) in [4.78, 5) is 29.4. The lowest BCUT2D eigenvalue weighted by atomic mass is 10.1. The van der Waals surface area contributed by atoms with Crippen molar-refractivity contribution < 1.29 is 9.59 Å². The Bertz CT molecular complexity index is 520. The lowest BCUT2D eigenvalue weighted by Crippen LogP contribution is -2.34. The number of carbonyl (C=O) groups is 2. The minimum absolute atomic E-state index is 0.1000. The van der Waals surface area contributed by atoms with Gasteiger partial charge in [-0.3, -0.25) is 9.59 Å². The van der Waals surface area contributed by atoms with Gasteiger partial charge in [-0.1, -0.05) is 0 Å². The molecule has 0 aliphatic carbocycles. The standard InChI is InChI=1S/C15H19N3O2/c1-12-7-8-16-13(11-12)17-14(19)5-6-15(20)18-9-3-2-4-10-18/h5-8,11H,2-4,9-10H2,1H3,(H,16,17,19)/b6-5+. The third kappa shape index (κ3) is 4.19. The van der Waals surface area contributed by atoms with Gasteiger partial charge in [0, 0.05) is 31.4 Å². The summed E-state index contributed by atoms with van der Waals surface area (Å²) >= 11 is 0. The Labute approximate surface area is 118 Å². The smallest absolute Gasteiger partial charge is 0.249 e. The van der Waals surface area contributed by atoms with E-state index in [1.807, 2.05) is 13.0 Å². The number of carbonyl (C=O) groups excluding carboxylic acids is 2. The third-order valence-corrected chi connectivity index (χ3v) is 3.21. The quantitative estimate of drug-likeness (QED) is 0.856. The van der Waals surface area contributed by atoms with Crippen molar-refractivity contribution in [3.63, 3.8) is 0 Å². The molecule has 1 aliphatic rings. The van der Waals surface area contributed by atoms with Crippen LogP contribution in [0.3, 0.4) is 0 Å². The highest BCUT2D eigenvalue weighted by molar-refractivity contribution is 6.03. The number of amides is 2. The van der Waals surface area contributed by atoms with Crippen molar-refractivity contribution in [3.8, 4) is 0 Å². The monoisotopic (exact) mass is 273 g/mol. The highest BCUT2D eigenvalue weighted by Crippen LogP contribution is 2.09. The first-order valence-corrected chi connectivity index (χ1v) is 6.86. The van der Waals surface area contributed by atoms with Crippen molar-refractivity contribution in [3.05, 3.63) is 36.0 Å². The molecule has 2 heterocycles. The van der Waals surface area contributed by atoms with Crippen LogP contribution in [0.5, 0.6) is 0 Å². The van der Waals surface area contributed by atoms with Gasteiger partial charge >= 0.3 is 0 Å². The zero-order valence-electron chi connectivity index (χ0n) is 11.6. The molecule has 1 saturated heterocycles. The molecule has 2 rings (SSSR count). The highest BCUT2D eigenvalue weighted by Gasteiger charge is 2.14. The summed E-state index contributed by atoms with van der Waals surface area (Å²) in [6, 6.07) is 3.63. The predicted molar refractivity (Wildman–Crippen MR) is 77.2 cm³/mol. The fourth-order valence-corrected chi connectivity index (χ4v) is 2.14. The van der Waals surface area contributed by atoms with Crippen LogP contribution in [0.2, 0.25) is 0 Å². The van der Waals surface area contributed by atoms with E-state index in [2.05, 4.69) is 10.3 Å². The minimum atomic E-state index is -0.339. The van der Waals surface area contributed by atoms with Gasteiger partial charge in [-0.25, -0.2) is 4.98 Å². The Morgan fingerprint density at radius 3 is 2.70 bits per heavy atom. The summed E-state index contributed by atoms with van der Waals surface area (Å²) in [5, 5.41) is 2.63. The number of aromatic nitrogens is 1. The summed E-state index contributed by atoms with van der Waals surface area (Å²) in [5.41, 5.74) is 1.02. The van der Waals surface area contributed by atoms with E-state index in [0.717, 1.165) is 31.5 Å². The largest absolute Gasteiger partial charge is 0.339 e. The van der Waals surface area contributed by atoms with Crippen molar-refractivity contribution in [2.24, 2.45) is 0 Å².